The smallest absolute Gasteiger partial charge is 0.220 e. The van der Waals surface area contributed by atoms with Crippen molar-refractivity contribution in [3.05, 3.63) is 0 Å². The van der Waals surface area contributed by atoms with Gasteiger partial charge in [0.2, 0.25) is 5.91 Å². The molecule has 16 heavy (non-hydrogen) atoms. The van der Waals surface area contributed by atoms with Gasteiger partial charge in [-0.15, -0.1) is 0 Å². The molecule has 1 amide bonds. The Morgan fingerprint density at radius 1 is 1.50 bits per heavy atom. The Kier molecular flexibility index (Phi) is 5.18. The Hall–Kier alpha value is -0.650. The van der Waals surface area contributed by atoms with E-state index in [1.165, 1.54) is 0 Å². The summed E-state index contributed by atoms with van der Waals surface area (Å²) in [4.78, 5) is 18.4. The summed E-state index contributed by atoms with van der Waals surface area (Å²) in [5, 5.41) is 2.81. The molecule has 3 N–H and O–H groups in total. The third kappa shape index (κ3) is 4.47. The van der Waals surface area contributed by atoms with Crippen LogP contribution in [0.15, 0.2) is 0 Å². The van der Waals surface area contributed by atoms with Gasteiger partial charge >= 0.3 is 0 Å². The van der Waals surface area contributed by atoms with Gasteiger partial charge in [-0.25, -0.2) is 5.90 Å². The minimum atomic E-state index is 0.101. The molecule has 1 aliphatic heterocycles. The fraction of sp³-hybridized carbons (Fsp3) is 0.909. The molecular formula is C11H23N3O2. The lowest BCUT2D eigenvalue weighted by Crippen LogP contribution is -2.40. The minimum Gasteiger partial charge on any atom is -0.354 e. The van der Waals surface area contributed by atoms with Crippen LogP contribution in [0.2, 0.25) is 0 Å². The summed E-state index contributed by atoms with van der Waals surface area (Å²) in [6, 6.07) is 0. The van der Waals surface area contributed by atoms with Crippen LogP contribution in [-0.4, -0.2) is 44.1 Å². The molecule has 1 aliphatic rings. The molecule has 0 atom stereocenters. The average Bonchev–Trinajstić information content (AvgIpc) is 2.23. The number of carbonyl (C=O) groups is 1. The quantitative estimate of drug-likeness (QED) is 0.519. The number of hydrogen-bond acceptors (Lipinski definition) is 4. The summed E-state index contributed by atoms with van der Waals surface area (Å²) in [7, 11) is 2.12. The second-order valence-electron chi connectivity index (χ2n) is 5.01. The second kappa shape index (κ2) is 6.18. The second-order valence-corrected chi connectivity index (χ2v) is 5.01. The standard InChI is InChI=1S/C11H23N3O2/c1-11(3-6-14(2)7-4-11)9-10(15)13-5-8-16-12/h3-9,12H2,1-2H3,(H,13,15). The highest BCUT2D eigenvalue weighted by Crippen LogP contribution is 2.33. The van der Waals surface area contributed by atoms with Crippen molar-refractivity contribution in [2.24, 2.45) is 11.3 Å². The zero-order chi connectivity index (χ0) is 12.0. The molecule has 0 aliphatic carbocycles. The number of likely N-dealkylation sites (tertiary alicyclic amines) is 1. The normalized spacial score (nSPS) is 20.7. The molecule has 1 fully saturated rings. The molecule has 0 aromatic carbocycles. The van der Waals surface area contributed by atoms with E-state index in [0.29, 0.717) is 19.6 Å². The molecule has 5 nitrogen and oxygen atoms in total. The number of nitrogens with two attached hydrogens (primary N) is 1. The van der Waals surface area contributed by atoms with E-state index < -0.39 is 0 Å². The maximum absolute atomic E-state index is 11.7. The number of carbonyl (C=O) groups excluding carboxylic acids is 1. The van der Waals surface area contributed by atoms with E-state index in [1.807, 2.05) is 0 Å². The molecule has 0 unspecified atom stereocenters. The summed E-state index contributed by atoms with van der Waals surface area (Å²) in [5.41, 5.74) is 0.153. The van der Waals surface area contributed by atoms with Gasteiger partial charge < -0.3 is 15.1 Å². The Bertz CT molecular complexity index is 225. The maximum Gasteiger partial charge on any atom is 0.220 e. The zero-order valence-corrected chi connectivity index (χ0v) is 10.3. The highest BCUT2D eigenvalue weighted by atomic mass is 16.6. The summed E-state index contributed by atoms with van der Waals surface area (Å²) in [6.07, 6.45) is 2.78. The molecule has 5 heteroatoms. The molecule has 0 radical (unpaired) electrons. The van der Waals surface area contributed by atoms with Crippen LogP contribution >= 0.6 is 0 Å². The Balaban J connectivity index is 2.26. The Morgan fingerprint density at radius 2 is 2.12 bits per heavy atom. The van der Waals surface area contributed by atoms with Crippen LogP contribution in [0.4, 0.5) is 0 Å². The van der Waals surface area contributed by atoms with Crippen molar-refractivity contribution in [3.63, 3.8) is 0 Å². The number of nitrogens with one attached hydrogen (secondary N) is 1. The fourth-order valence-electron chi connectivity index (χ4n) is 2.03. The summed E-state index contributed by atoms with van der Waals surface area (Å²) < 4.78 is 0. The molecule has 0 aromatic rings. The van der Waals surface area contributed by atoms with E-state index in [2.05, 4.69) is 29.0 Å². The van der Waals surface area contributed by atoms with Gasteiger partial charge in [0.05, 0.1) is 6.61 Å². The van der Waals surface area contributed by atoms with E-state index in [-0.39, 0.29) is 11.3 Å². The van der Waals surface area contributed by atoms with Crippen LogP contribution in [0.5, 0.6) is 0 Å². The van der Waals surface area contributed by atoms with Crippen LogP contribution < -0.4 is 11.2 Å². The van der Waals surface area contributed by atoms with Gasteiger partial charge in [0.15, 0.2) is 0 Å². The third-order valence-corrected chi connectivity index (χ3v) is 3.32. The molecule has 0 saturated carbocycles. The van der Waals surface area contributed by atoms with E-state index in [0.717, 1.165) is 25.9 Å². The molecule has 1 saturated heterocycles. The lowest BCUT2D eigenvalue weighted by atomic mass is 9.77. The van der Waals surface area contributed by atoms with E-state index >= 15 is 0 Å². The van der Waals surface area contributed by atoms with Gasteiger partial charge in [-0.3, -0.25) is 4.79 Å². The third-order valence-electron chi connectivity index (χ3n) is 3.32. The molecule has 0 spiro atoms. The average molecular weight is 229 g/mol. The van der Waals surface area contributed by atoms with Crippen molar-refractivity contribution in [2.75, 3.05) is 33.3 Å². The highest BCUT2D eigenvalue weighted by Gasteiger charge is 2.30. The molecule has 1 heterocycles. The lowest BCUT2D eigenvalue weighted by molar-refractivity contribution is -0.124. The summed E-state index contributed by atoms with van der Waals surface area (Å²) >= 11 is 0. The van der Waals surface area contributed by atoms with Crippen molar-refractivity contribution < 1.29 is 9.63 Å². The number of amides is 1. The number of piperidine rings is 1. The lowest BCUT2D eigenvalue weighted by Gasteiger charge is -2.37. The van der Waals surface area contributed by atoms with Gasteiger partial charge in [-0.1, -0.05) is 6.92 Å². The maximum atomic E-state index is 11.7. The van der Waals surface area contributed by atoms with Gasteiger partial charge in [0.1, 0.15) is 0 Å². The van der Waals surface area contributed by atoms with Crippen LogP contribution in [-0.2, 0) is 9.63 Å². The molecule has 1 rings (SSSR count). The molecule has 0 aromatic heterocycles. The van der Waals surface area contributed by atoms with Crippen LogP contribution in [0.1, 0.15) is 26.2 Å². The first kappa shape index (κ1) is 13.4. The van der Waals surface area contributed by atoms with Crippen LogP contribution in [0, 0.1) is 5.41 Å². The minimum absolute atomic E-state index is 0.101. The number of rotatable bonds is 5. The van der Waals surface area contributed by atoms with Crippen molar-refractivity contribution in [1.29, 1.82) is 0 Å². The van der Waals surface area contributed by atoms with Crippen molar-refractivity contribution in [2.45, 2.75) is 26.2 Å². The summed E-state index contributed by atoms with van der Waals surface area (Å²) in [6.45, 7) is 5.21. The van der Waals surface area contributed by atoms with Crippen molar-refractivity contribution in [3.8, 4) is 0 Å². The van der Waals surface area contributed by atoms with Gasteiger partial charge in [-0.2, -0.15) is 0 Å². The molecule has 0 bridgehead atoms. The zero-order valence-electron chi connectivity index (χ0n) is 10.3. The first-order valence-corrected chi connectivity index (χ1v) is 5.83. The number of hydrogen-bond donors (Lipinski definition) is 2. The highest BCUT2D eigenvalue weighted by molar-refractivity contribution is 5.76. The predicted octanol–water partition coefficient (Wildman–Crippen LogP) is 0.115. The van der Waals surface area contributed by atoms with Crippen molar-refractivity contribution >= 4 is 5.91 Å². The first-order valence-electron chi connectivity index (χ1n) is 5.83. The van der Waals surface area contributed by atoms with Gasteiger partial charge in [-0.05, 0) is 38.4 Å². The van der Waals surface area contributed by atoms with E-state index in [9.17, 15) is 4.79 Å². The SMILES string of the molecule is CN1CCC(C)(CC(=O)NCCON)CC1. The first-order chi connectivity index (χ1) is 7.56. The van der Waals surface area contributed by atoms with Gasteiger partial charge in [0.25, 0.3) is 0 Å². The molecule has 94 valence electrons. The fourth-order valence-corrected chi connectivity index (χ4v) is 2.03. The molecular weight excluding hydrogens is 206 g/mol. The summed E-state index contributed by atoms with van der Waals surface area (Å²) in [5.74, 6) is 4.98. The van der Waals surface area contributed by atoms with E-state index in [4.69, 9.17) is 5.90 Å². The topological polar surface area (TPSA) is 67.6 Å². The largest absolute Gasteiger partial charge is 0.354 e. The number of nitrogens with zero attached hydrogens (tertiary/aromatic N) is 1. The predicted molar refractivity (Wildman–Crippen MR) is 62.6 cm³/mol. The van der Waals surface area contributed by atoms with Crippen LogP contribution in [0.3, 0.4) is 0 Å². The Labute approximate surface area is 97.3 Å². The van der Waals surface area contributed by atoms with Crippen molar-refractivity contribution in [1.82, 2.24) is 10.2 Å². The van der Waals surface area contributed by atoms with Crippen LogP contribution in [0.25, 0.3) is 0 Å². The monoisotopic (exact) mass is 229 g/mol. The van der Waals surface area contributed by atoms with E-state index in [1.54, 1.807) is 0 Å². The Morgan fingerprint density at radius 3 is 2.69 bits per heavy atom. The van der Waals surface area contributed by atoms with Gasteiger partial charge in [0, 0.05) is 13.0 Å².